The van der Waals surface area contributed by atoms with Crippen LogP contribution in [0.15, 0.2) is 24.3 Å². The van der Waals surface area contributed by atoms with Crippen molar-refractivity contribution in [2.75, 3.05) is 20.7 Å². The molecular weight excluding hydrogens is 228 g/mol. The van der Waals surface area contributed by atoms with Crippen LogP contribution in [0.5, 0.6) is 0 Å². The van der Waals surface area contributed by atoms with Crippen molar-refractivity contribution in [3.05, 3.63) is 35.4 Å². The summed E-state index contributed by atoms with van der Waals surface area (Å²) in [4.78, 5) is 11.0. The maximum Gasteiger partial charge on any atom is 0.219 e. The fraction of sp³-hybridized carbons (Fsp3) is 0.500. The van der Waals surface area contributed by atoms with Gasteiger partial charge in [0.15, 0.2) is 0 Å². The van der Waals surface area contributed by atoms with Crippen LogP contribution in [0.25, 0.3) is 0 Å². The summed E-state index contributed by atoms with van der Waals surface area (Å²) in [5, 5.41) is 5.96. The molecule has 1 aromatic rings. The van der Waals surface area contributed by atoms with Gasteiger partial charge in [0.25, 0.3) is 0 Å². The Morgan fingerprint density at radius 1 is 1.28 bits per heavy atom. The van der Waals surface area contributed by atoms with Gasteiger partial charge in [0.2, 0.25) is 5.91 Å². The second-order valence-electron chi connectivity index (χ2n) is 4.16. The third-order valence-corrected chi connectivity index (χ3v) is 2.77. The van der Waals surface area contributed by atoms with E-state index in [0.717, 1.165) is 19.5 Å². The Labute approximate surface area is 109 Å². The van der Waals surface area contributed by atoms with Crippen LogP contribution in [0.4, 0.5) is 0 Å². The molecule has 0 heterocycles. The van der Waals surface area contributed by atoms with Crippen molar-refractivity contribution in [1.29, 1.82) is 0 Å². The third kappa shape index (κ3) is 5.29. The number of nitrogens with one attached hydrogen (secondary N) is 2. The molecule has 0 spiro atoms. The van der Waals surface area contributed by atoms with Gasteiger partial charge in [0.1, 0.15) is 0 Å². The molecule has 0 unspecified atom stereocenters. The molecule has 0 aromatic heterocycles. The third-order valence-electron chi connectivity index (χ3n) is 2.77. The molecule has 0 atom stereocenters. The zero-order chi connectivity index (χ0) is 13.2. The summed E-state index contributed by atoms with van der Waals surface area (Å²) in [7, 11) is 3.37. The molecule has 0 bridgehead atoms. The van der Waals surface area contributed by atoms with E-state index >= 15 is 0 Å². The number of amides is 1. The molecule has 0 fully saturated rings. The van der Waals surface area contributed by atoms with Gasteiger partial charge in [-0.3, -0.25) is 4.79 Å². The monoisotopic (exact) mass is 250 g/mol. The second kappa shape index (κ2) is 8.66. The summed E-state index contributed by atoms with van der Waals surface area (Å²) in [6.45, 7) is 2.29. The summed E-state index contributed by atoms with van der Waals surface area (Å²) in [5.41, 5.74) is 2.46. The lowest BCUT2D eigenvalue weighted by Crippen LogP contribution is -2.21. The Morgan fingerprint density at radius 3 is 2.67 bits per heavy atom. The van der Waals surface area contributed by atoms with Crippen LogP contribution in [-0.2, 0) is 22.7 Å². The van der Waals surface area contributed by atoms with Gasteiger partial charge in [-0.2, -0.15) is 0 Å². The van der Waals surface area contributed by atoms with Crippen LogP contribution >= 0.6 is 0 Å². The summed E-state index contributed by atoms with van der Waals surface area (Å²) in [6, 6.07) is 8.22. The van der Waals surface area contributed by atoms with Crippen LogP contribution in [0.2, 0.25) is 0 Å². The molecule has 4 heteroatoms. The van der Waals surface area contributed by atoms with E-state index in [4.69, 9.17) is 4.74 Å². The quantitative estimate of drug-likeness (QED) is 0.687. The van der Waals surface area contributed by atoms with Gasteiger partial charge >= 0.3 is 0 Å². The molecule has 1 rings (SSSR count). The highest BCUT2D eigenvalue weighted by molar-refractivity contribution is 5.75. The molecule has 0 radical (unpaired) electrons. The lowest BCUT2D eigenvalue weighted by molar-refractivity contribution is -0.120. The van der Waals surface area contributed by atoms with Gasteiger partial charge in [-0.05, 0) is 24.1 Å². The number of benzene rings is 1. The summed E-state index contributed by atoms with van der Waals surface area (Å²) < 4.78 is 5.16. The number of carbonyl (C=O) groups is 1. The molecule has 1 aromatic carbocycles. The summed E-state index contributed by atoms with van der Waals surface area (Å²) >= 11 is 0. The van der Waals surface area contributed by atoms with Gasteiger partial charge in [0.05, 0.1) is 6.61 Å². The van der Waals surface area contributed by atoms with Crippen molar-refractivity contribution >= 4 is 5.91 Å². The van der Waals surface area contributed by atoms with Crippen molar-refractivity contribution in [3.63, 3.8) is 0 Å². The summed E-state index contributed by atoms with van der Waals surface area (Å²) in [6.07, 6.45) is 1.43. The minimum atomic E-state index is 0.0941. The standard InChI is InChI=1S/C14H22N2O2/c1-15-14(17)8-5-9-16-10-12-6-3-4-7-13(12)11-18-2/h3-4,6-7,16H,5,8-11H2,1-2H3,(H,15,17). The van der Waals surface area contributed by atoms with Crippen LogP contribution in [0.1, 0.15) is 24.0 Å². The average molecular weight is 250 g/mol. The molecule has 1 amide bonds. The maximum atomic E-state index is 11.0. The highest BCUT2D eigenvalue weighted by Crippen LogP contribution is 2.09. The Morgan fingerprint density at radius 2 is 2.00 bits per heavy atom. The lowest BCUT2D eigenvalue weighted by atomic mass is 10.1. The number of carbonyl (C=O) groups excluding carboxylic acids is 1. The molecule has 0 aliphatic heterocycles. The maximum absolute atomic E-state index is 11.0. The van der Waals surface area contributed by atoms with Crippen LogP contribution in [-0.4, -0.2) is 26.6 Å². The average Bonchev–Trinajstić information content (AvgIpc) is 2.40. The molecule has 0 saturated heterocycles. The summed E-state index contributed by atoms with van der Waals surface area (Å²) in [5.74, 6) is 0.0941. The first-order valence-corrected chi connectivity index (χ1v) is 6.25. The van der Waals surface area contributed by atoms with E-state index in [0.29, 0.717) is 13.0 Å². The molecule has 0 aliphatic rings. The molecular formula is C14H22N2O2. The molecule has 0 aliphatic carbocycles. The lowest BCUT2D eigenvalue weighted by Gasteiger charge is -2.09. The highest BCUT2D eigenvalue weighted by Gasteiger charge is 2.01. The predicted molar refractivity (Wildman–Crippen MR) is 72.2 cm³/mol. The van der Waals surface area contributed by atoms with Crippen LogP contribution in [0.3, 0.4) is 0 Å². The zero-order valence-corrected chi connectivity index (χ0v) is 11.2. The van der Waals surface area contributed by atoms with E-state index in [1.807, 2.05) is 12.1 Å². The van der Waals surface area contributed by atoms with Crippen molar-refractivity contribution in [2.24, 2.45) is 0 Å². The van der Waals surface area contributed by atoms with E-state index in [9.17, 15) is 4.79 Å². The Balaban J connectivity index is 2.28. The van der Waals surface area contributed by atoms with E-state index in [2.05, 4.69) is 22.8 Å². The number of rotatable bonds is 8. The van der Waals surface area contributed by atoms with Crippen molar-refractivity contribution in [1.82, 2.24) is 10.6 Å². The van der Waals surface area contributed by atoms with E-state index in [-0.39, 0.29) is 5.91 Å². The molecule has 18 heavy (non-hydrogen) atoms. The Hall–Kier alpha value is -1.39. The Bertz CT molecular complexity index is 367. The van der Waals surface area contributed by atoms with E-state index in [1.54, 1.807) is 14.2 Å². The first-order chi connectivity index (χ1) is 8.77. The molecule has 100 valence electrons. The number of ether oxygens (including phenoxy) is 1. The predicted octanol–water partition coefficient (Wildman–Crippen LogP) is 1.45. The second-order valence-corrected chi connectivity index (χ2v) is 4.16. The SMILES string of the molecule is CNC(=O)CCCNCc1ccccc1COC. The molecule has 0 saturated carbocycles. The van der Waals surface area contributed by atoms with E-state index < -0.39 is 0 Å². The minimum Gasteiger partial charge on any atom is -0.380 e. The van der Waals surface area contributed by atoms with Gasteiger partial charge in [-0.15, -0.1) is 0 Å². The fourth-order valence-corrected chi connectivity index (χ4v) is 1.75. The van der Waals surface area contributed by atoms with Gasteiger partial charge < -0.3 is 15.4 Å². The van der Waals surface area contributed by atoms with Gasteiger partial charge in [0, 0.05) is 27.1 Å². The molecule has 2 N–H and O–H groups in total. The van der Waals surface area contributed by atoms with Gasteiger partial charge in [-0.1, -0.05) is 24.3 Å². The molecule has 4 nitrogen and oxygen atoms in total. The number of hydrogen-bond acceptors (Lipinski definition) is 3. The minimum absolute atomic E-state index is 0.0941. The van der Waals surface area contributed by atoms with Crippen molar-refractivity contribution in [2.45, 2.75) is 26.0 Å². The Kier molecular flexibility index (Phi) is 7.06. The number of hydrogen-bond donors (Lipinski definition) is 2. The van der Waals surface area contributed by atoms with Gasteiger partial charge in [-0.25, -0.2) is 0 Å². The topological polar surface area (TPSA) is 50.4 Å². The number of methoxy groups -OCH3 is 1. The van der Waals surface area contributed by atoms with Crippen LogP contribution in [0, 0.1) is 0 Å². The smallest absolute Gasteiger partial charge is 0.219 e. The first kappa shape index (κ1) is 14.7. The zero-order valence-electron chi connectivity index (χ0n) is 11.2. The largest absolute Gasteiger partial charge is 0.380 e. The first-order valence-electron chi connectivity index (χ1n) is 6.25. The fourth-order valence-electron chi connectivity index (χ4n) is 1.75. The van der Waals surface area contributed by atoms with E-state index in [1.165, 1.54) is 11.1 Å². The van der Waals surface area contributed by atoms with Crippen molar-refractivity contribution < 1.29 is 9.53 Å². The van der Waals surface area contributed by atoms with Crippen LogP contribution < -0.4 is 10.6 Å². The normalized spacial score (nSPS) is 10.3. The van der Waals surface area contributed by atoms with Crippen molar-refractivity contribution in [3.8, 4) is 0 Å². The highest BCUT2D eigenvalue weighted by atomic mass is 16.5.